The summed E-state index contributed by atoms with van der Waals surface area (Å²) in [5, 5.41) is 9.57. The van der Waals surface area contributed by atoms with Crippen LogP contribution in [0.5, 0.6) is 0 Å². The number of urea groups is 1. The van der Waals surface area contributed by atoms with Crippen molar-refractivity contribution in [2.24, 2.45) is 5.73 Å². The number of rotatable bonds is 3. The number of halogens is 1. The van der Waals surface area contributed by atoms with E-state index >= 15 is 0 Å². The summed E-state index contributed by atoms with van der Waals surface area (Å²) in [5.41, 5.74) is 6.38. The number of likely N-dealkylation sites (tertiary alicyclic amines) is 1. The Morgan fingerprint density at radius 2 is 2.05 bits per heavy atom. The fraction of sp³-hybridized carbons (Fsp3) is 0.429. The van der Waals surface area contributed by atoms with Crippen molar-refractivity contribution < 1.29 is 14.7 Å². The highest BCUT2D eigenvalue weighted by Gasteiger charge is 2.27. The van der Waals surface area contributed by atoms with Gasteiger partial charge in [0.2, 0.25) is 0 Å². The molecule has 1 fully saturated rings. The molecule has 1 atom stereocenters. The molecule has 7 heteroatoms. The minimum Gasteiger partial charge on any atom is -0.480 e. The normalized spacial score (nSPS) is 18.4. The highest BCUT2D eigenvalue weighted by Crippen LogP contribution is 2.20. The molecule has 2 amide bonds. The highest BCUT2D eigenvalue weighted by atomic mass is 35.5. The number of nitrogens with zero attached hydrogens (tertiary/aromatic N) is 2. The lowest BCUT2D eigenvalue weighted by Crippen LogP contribution is -2.52. The second-order valence-corrected chi connectivity index (χ2v) is 5.52. The predicted molar refractivity (Wildman–Crippen MR) is 80.6 cm³/mol. The molecular formula is C14H18ClN3O3. The van der Waals surface area contributed by atoms with Crippen LogP contribution in [0, 0.1) is 0 Å². The summed E-state index contributed by atoms with van der Waals surface area (Å²) < 4.78 is 0. The number of nitrogens with two attached hydrogens (primary N) is 1. The molecule has 0 saturated carbocycles. The first kappa shape index (κ1) is 15.6. The monoisotopic (exact) mass is 311 g/mol. The largest absolute Gasteiger partial charge is 0.480 e. The van der Waals surface area contributed by atoms with Gasteiger partial charge < -0.3 is 15.7 Å². The molecule has 6 nitrogen and oxygen atoms in total. The molecule has 21 heavy (non-hydrogen) atoms. The Morgan fingerprint density at radius 1 is 1.38 bits per heavy atom. The van der Waals surface area contributed by atoms with Gasteiger partial charge in [0.25, 0.3) is 0 Å². The molecule has 1 unspecified atom stereocenters. The van der Waals surface area contributed by atoms with Crippen molar-refractivity contribution >= 4 is 29.3 Å². The molecular weight excluding hydrogens is 294 g/mol. The molecule has 2 rings (SSSR count). The van der Waals surface area contributed by atoms with E-state index in [-0.39, 0.29) is 12.1 Å². The summed E-state index contributed by atoms with van der Waals surface area (Å²) >= 11 is 5.82. The van der Waals surface area contributed by atoms with Crippen LogP contribution in [0.2, 0.25) is 5.02 Å². The lowest BCUT2D eigenvalue weighted by molar-refractivity contribution is -0.135. The van der Waals surface area contributed by atoms with Crippen LogP contribution in [-0.4, -0.2) is 47.7 Å². The Kier molecular flexibility index (Phi) is 5.03. The topological polar surface area (TPSA) is 86.9 Å². The molecule has 3 N–H and O–H groups in total. The van der Waals surface area contributed by atoms with Crippen LogP contribution in [0.4, 0.5) is 10.5 Å². The van der Waals surface area contributed by atoms with E-state index in [0.717, 1.165) is 12.8 Å². The molecule has 1 aliphatic rings. The van der Waals surface area contributed by atoms with Crippen LogP contribution in [0.1, 0.15) is 12.8 Å². The molecule has 1 heterocycles. The summed E-state index contributed by atoms with van der Waals surface area (Å²) in [7, 11) is 0. The van der Waals surface area contributed by atoms with Crippen LogP contribution < -0.4 is 10.6 Å². The molecule has 1 aromatic rings. The van der Waals surface area contributed by atoms with Gasteiger partial charge in [-0.15, -0.1) is 0 Å². The van der Waals surface area contributed by atoms with Crippen LogP contribution in [0.25, 0.3) is 0 Å². The van der Waals surface area contributed by atoms with E-state index in [0.29, 0.717) is 23.8 Å². The number of carbonyl (C=O) groups is 2. The number of carboxylic acid groups (broad SMARTS) is 1. The van der Waals surface area contributed by atoms with E-state index < -0.39 is 12.5 Å². The van der Waals surface area contributed by atoms with Gasteiger partial charge in [-0.2, -0.15) is 0 Å². The Balaban J connectivity index is 2.20. The Bertz CT molecular complexity index is 521. The molecule has 114 valence electrons. The lowest BCUT2D eigenvalue weighted by Gasteiger charge is -2.34. The summed E-state index contributed by atoms with van der Waals surface area (Å²) in [6, 6.07) is 6.12. The zero-order chi connectivity index (χ0) is 15.4. The number of carboxylic acids is 1. The van der Waals surface area contributed by atoms with Gasteiger partial charge in [0.15, 0.2) is 0 Å². The summed E-state index contributed by atoms with van der Waals surface area (Å²) in [4.78, 5) is 26.4. The number of piperidine rings is 1. The van der Waals surface area contributed by atoms with Gasteiger partial charge in [0.1, 0.15) is 6.54 Å². The quantitative estimate of drug-likeness (QED) is 0.890. The maximum Gasteiger partial charge on any atom is 0.325 e. The molecule has 0 radical (unpaired) electrons. The van der Waals surface area contributed by atoms with Gasteiger partial charge in [0.05, 0.1) is 0 Å². The van der Waals surface area contributed by atoms with E-state index in [2.05, 4.69) is 0 Å². The minimum atomic E-state index is -1.07. The molecule has 1 aromatic carbocycles. The van der Waals surface area contributed by atoms with Gasteiger partial charge in [0, 0.05) is 29.8 Å². The Labute approximate surface area is 128 Å². The fourth-order valence-electron chi connectivity index (χ4n) is 2.38. The van der Waals surface area contributed by atoms with Gasteiger partial charge in [-0.25, -0.2) is 4.79 Å². The molecule has 1 aliphatic heterocycles. The van der Waals surface area contributed by atoms with Crippen LogP contribution in [-0.2, 0) is 4.79 Å². The second-order valence-electron chi connectivity index (χ2n) is 5.09. The maximum atomic E-state index is 12.6. The van der Waals surface area contributed by atoms with Crippen molar-refractivity contribution in [1.29, 1.82) is 0 Å². The van der Waals surface area contributed by atoms with Crippen LogP contribution in [0.3, 0.4) is 0 Å². The van der Waals surface area contributed by atoms with Crippen molar-refractivity contribution in [2.45, 2.75) is 18.9 Å². The molecule has 0 aromatic heterocycles. The van der Waals surface area contributed by atoms with Gasteiger partial charge in [-0.05, 0) is 37.1 Å². The molecule has 1 saturated heterocycles. The molecule has 0 spiro atoms. The first-order valence-electron chi connectivity index (χ1n) is 6.77. The highest BCUT2D eigenvalue weighted by molar-refractivity contribution is 6.30. The zero-order valence-electron chi connectivity index (χ0n) is 11.5. The van der Waals surface area contributed by atoms with E-state index in [1.54, 1.807) is 29.2 Å². The SMILES string of the molecule is NC1CCCN(C(=O)N(CC(=O)O)c2ccc(Cl)cc2)C1. The third kappa shape index (κ3) is 4.09. The molecule has 0 aliphatic carbocycles. The summed E-state index contributed by atoms with van der Waals surface area (Å²) in [6.45, 7) is 0.644. The third-order valence-electron chi connectivity index (χ3n) is 3.39. The third-order valence-corrected chi connectivity index (χ3v) is 3.64. The minimum absolute atomic E-state index is 0.0559. The summed E-state index contributed by atoms with van der Waals surface area (Å²) in [6.07, 6.45) is 1.71. The predicted octanol–water partition coefficient (Wildman–Crippen LogP) is 1.77. The van der Waals surface area contributed by atoms with E-state index in [1.165, 1.54) is 4.90 Å². The Hall–Kier alpha value is -1.79. The van der Waals surface area contributed by atoms with Gasteiger partial charge in [-0.3, -0.25) is 9.69 Å². The molecule has 0 bridgehead atoms. The van der Waals surface area contributed by atoms with Crippen LogP contribution in [0.15, 0.2) is 24.3 Å². The standard InChI is InChI=1S/C14H18ClN3O3/c15-10-3-5-12(6-4-10)18(9-13(19)20)14(21)17-7-1-2-11(16)8-17/h3-6,11H,1-2,7-9,16H2,(H,19,20). The maximum absolute atomic E-state index is 12.6. The number of aliphatic carboxylic acids is 1. The number of benzene rings is 1. The van der Waals surface area contributed by atoms with E-state index in [4.69, 9.17) is 22.4 Å². The summed E-state index contributed by atoms with van der Waals surface area (Å²) in [5.74, 6) is -1.07. The first-order valence-corrected chi connectivity index (χ1v) is 7.14. The van der Waals surface area contributed by atoms with Gasteiger partial charge in [-0.1, -0.05) is 11.6 Å². The fourth-order valence-corrected chi connectivity index (χ4v) is 2.51. The van der Waals surface area contributed by atoms with E-state index in [1.807, 2.05) is 0 Å². The number of anilines is 1. The lowest BCUT2D eigenvalue weighted by atomic mass is 10.1. The Morgan fingerprint density at radius 3 is 2.62 bits per heavy atom. The average molecular weight is 312 g/mol. The number of hydrogen-bond acceptors (Lipinski definition) is 3. The number of carbonyl (C=O) groups excluding carboxylic acids is 1. The number of hydrogen-bond donors (Lipinski definition) is 2. The van der Waals surface area contributed by atoms with Crippen molar-refractivity contribution in [2.75, 3.05) is 24.5 Å². The van der Waals surface area contributed by atoms with Crippen molar-refractivity contribution in [3.8, 4) is 0 Å². The van der Waals surface area contributed by atoms with Gasteiger partial charge >= 0.3 is 12.0 Å². The second kappa shape index (κ2) is 6.78. The smallest absolute Gasteiger partial charge is 0.325 e. The van der Waals surface area contributed by atoms with Crippen LogP contribution >= 0.6 is 11.6 Å². The average Bonchev–Trinajstić information content (AvgIpc) is 2.45. The van der Waals surface area contributed by atoms with E-state index in [9.17, 15) is 9.59 Å². The van der Waals surface area contributed by atoms with Crippen molar-refractivity contribution in [1.82, 2.24) is 4.90 Å². The number of amides is 2. The first-order chi connectivity index (χ1) is 9.97. The van der Waals surface area contributed by atoms with Crippen molar-refractivity contribution in [3.63, 3.8) is 0 Å². The van der Waals surface area contributed by atoms with Crippen molar-refractivity contribution in [3.05, 3.63) is 29.3 Å². The zero-order valence-corrected chi connectivity index (χ0v) is 12.3.